The minimum Gasteiger partial charge on any atom is -0.362 e. The van der Waals surface area contributed by atoms with Crippen LogP contribution in [0.5, 0.6) is 0 Å². The fourth-order valence-corrected chi connectivity index (χ4v) is 4.45. The van der Waals surface area contributed by atoms with E-state index in [0.717, 1.165) is 54.2 Å². The van der Waals surface area contributed by atoms with Crippen molar-refractivity contribution in [2.24, 2.45) is 5.73 Å². The van der Waals surface area contributed by atoms with Crippen molar-refractivity contribution in [3.8, 4) is 5.69 Å². The number of hydrogen-bond acceptors (Lipinski definition) is 8. The van der Waals surface area contributed by atoms with E-state index in [-0.39, 0.29) is 17.5 Å². The largest absolute Gasteiger partial charge is 0.362 e. The topological polar surface area (TPSA) is 116 Å². The molecule has 1 saturated heterocycles. The molecule has 1 aliphatic heterocycles. The number of aromatic nitrogens is 7. The zero-order chi connectivity index (χ0) is 25.4. The quantitative estimate of drug-likeness (QED) is 0.421. The smallest absolute Gasteiger partial charge is 0.229 e. The van der Waals surface area contributed by atoms with E-state index in [1.807, 2.05) is 29.3 Å². The number of nitrogens with zero attached hydrogens (tertiary/aromatic N) is 8. The van der Waals surface area contributed by atoms with Crippen LogP contribution in [-0.2, 0) is 12.0 Å². The number of imidazole rings is 1. The third kappa shape index (κ3) is 4.77. The number of pyridine rings is 1. The van der Waals surface area contributed by atoms with Gasteiger partial charge < -0.3 is 20.5 Å². The van der Waals surface area contributed by atoms with Crippen molar-refractivity contribution in [3.63, 3.8) is 0 Å². The fraction of sp³-hybridized carbons (Fsp3) is 0.500. The van der Waals surface area contributed by atoms with Crippen molar-refractivity contribution in [2.75, 3.05) is 23.3 Å². The van der Waals surface area contributed by atoms with Gasteiger partial charge in [-0.1, -0.05) is 20.8 Å². The first-order chi connectivity index (χ1) is 17.2. The van der Waals surface area contributed by atoms with Crippen LogP contribution in [0.2, 0.25) is 0 Å². The van der Waals surface area contributed by atoms with E-state index in [0.29, 0.717) is 18.3 Å². The molecular formula is C26H36N10. The van der Waals surface area contributed by atoms with Gasteiger partial charge in [0.15, 0.2) is 17.0 Å². The predicted molar refractivity (Wildman–Crippen MR) is 143 cm³/mol. The summed E-state index contributed by atoms with van der Waals surface area (Å²) in [6.45, 7) is 12.9. The van der Waals surface area contributed by atoms with Gasteiger partial charge in [-0.25, -0.2) is 9.67 Å². The molecule has 10 nitrogen and oxygen atoms in total. The fourth-order valence-electron chi connectivity index (χ4n) is 4.45. The van der Waals surface area contributed by atoms with Crippen molar-refractivity contribution in [3.05, 3.63) is 48.3 Å². The van der Waals surface area contributed by atoms with E-state index >= 15 is 0 Å². The molecule has 10 heteroatoms. The van der Waals surface area contributed by atoms with Crippen LogP contribution in [0.1, 0.15) is 64.9 Å². The van der Waals surface area contributed by atoms with Crippen molar-refractivity contribution in [1.82, 2.24) is 34.3 Å². The summed E-state index contributed by atoms with van der Waals surface area (Å²) in [6, 6.07) is 6.51. The van der Waals surface area contributed by atoms with Gasteiger partial charge in [0.1, 0.15) is 0 Å². The molecule has 1 fully saturated rings. The summed E-state index contributed by atoms with van der Waals surface area (Å²) in [5.74, 6) is 1.42. The summed E-state index contributed by atoms with van der Waals surface area (Å²) >= 11 is 0. The molecule has 5 rings (SSSR count). The van der Waals surface area contributed by atoms with Crippen molar-refractivity contribution < 1.29 is 0 Å². The van der Waals surface area contributed by atoms with Crippen LogP contribution in [0.3, 0.4) is 0 Å². The zero-order valence-corrected chi connectivity index (χ0v) is 21.8. The Morgan fingerprint density at radius 2 is 1.89 bits per heavy atom. The molecular weight excluding hydrogens is 452 g/mol. The van der Waals surface area contributed by atoms with Crippen molar-refractivity contribution in [2.45, 2.75) is 71.5 Å². The second kappa shape index (κ2) is 9.50. The molecule has 4 aromatic heterocycles. The van der Waals surface area contributed by atoms with Crippen LogP contribution in [0.15, 0.2) is 36.9 Å². The van der Waals surface area contributed by atoms with Crippen molar-refractivity contribution >= 4 is 22.9 Å². The number of rotatable bonds is 6. The van der Waals surface area contributed by atoms with Gasteiger partial charge in [0.05, 0.1) is 29.9 Å². The first-order valence-electron chi connectivity index (χ1n) is 12.7. The Kier molecular flexibility index (Phi) is 6.38. The normalized spacial score (nSPS) is 15.2. The number of nitrogens with two attached hydrogens (primary N) is 1. The lowest BCUT2D eigenvalue weighted by Gasteiger charge is -2.30. The Morgan fingerprint density at radius 1 is 1.11 bits per heavy atom. The van der Waals surface area contributed by atoms with E-state index in [1.165, 1.54) is 0 Å². The Labute approximate surface area is 212 Å². The van der Waals surface area contributed by atoms with Crippen LogP contribution in [0.25, 0.3) is 16.9 Å². The van der Waals surface area contributed by atoms with Gasteiger partial charge in [-0.05, 0) is 44.9 Å². The highest BCUT2D eigenvalue weighted by atomic mass is 15.3. The van der Waals surface area contributed by atoms with Gasteiger partial charge in [0.2, 0.25) is 5.95 Å². The molecule has 36 heavy (non-hydrogen) atoms. The number of hydrogen-bond donors (Lipinski definition) is 2. The summed E-state index contributed by atoms with van der Waals surface area (Å²) < 4.78 is 3.99. The van der Waals surface area contributed by atoms with E-state index < -0.39 is 0 Å². The first-order valence-corrected chi connectivity index (χ1v) is 12.7. The van der Waals surface area contributed by atoms with Crippen LogP contribution >= 0.6 is 0 Å². The van der Waals surface area contributed by atoms with Gasteiger partial charge in [0, 0.05) is 43.0 Å². The van der Waals surface area contributed by atoms with Crippen LogP contribution < -0.4 is 16.0 Å². The summed E-state index contributed by atoms with van der Waals surface area (Å²) in [7, 11) is 0. The Bertz CT molecular complexity index is 1340. The molecule has 0 unspecified atom stereocenters. The highest BCUT2D eigenvalue weighted by Gasteiger charge is 2.23. The SMILES string of the molecule is CC(C)n1cnc2c(NCc3ncccc3-n3ccc(C(C)(C)C)n3)nc(N3CCC(N)CC3)nc21. The molecule has 0 aliphatic carbocycles. The molecule has 1 aliphatic rings. The molecule has 0 amide bonds. The number of fused-ring (bicyclic) bond motifs is 1. The predicted octanol–water partition coefficient (Wildman–Crippen LogP) is 3.83. The highest BCUT2D eigenvalue weighted by molar-refractivity contribution is 5.84. The van der Waals surface area contributed by atoms with Gasteiger partial charge in [-0.15, -0.1) is 0 Å². The van der Waals surface area contributed by atoms with Crippen LogP contribution in [0, 0.1) is 0 Å². The lowest BCUT2D eigenvalue weighted by atomic mass is 9.93. The standard InChI is InChI=1S/C26H36N10/c1-17(2)35-16-30-22-23(31-25(32-24(22)35)34-12-8-18(27)9-13-34)29-15-19-20(7-6-11-28-19)36-14-10-21(33-36)26(3,4)5/h6-7,10-11,14,16-18H,8-9,12-13,15,27H2,1-5H3,(H,29,31,32). The second-order valence-corrected chi connectivity index (χ2v) is 10.8. The zero-order valence-electron chi connectivity index (χ0n) is 21.8. The Hall–Kier alpha value is -3.53. The van der Waals surface area contributed by atoms with Gasteiger partial charge >= 0.3 is 0 Å². The monoisotopic (exact) mass is 488 g/mol. The lowest BCUT2D eigenvalue weighted by Crippen LogP contribution is -2.40. The lowest BCUT2D eigenvalue weighted by molar-refractivity contribution is 0.495. The van der Waals surface area contributed by atoms with Crippen LogP contribution in [0.4, 0.5) is 11.8 Å². The molecule has 0 atom stereocenters. The minimum atomic E-state index is -0.0253. The average molecular weight is 489 g/mol. The van der Waals surface area contributed by atoms with E-state index in [9.17, 15) is 0 Å². The van der Waals surface area contributed by atoms with Gasteiger partial charge in [0.25, 0.3) is 0 Å². The third-order valence-corrected chi connectivity index (χ3v) is 6.68. The highest BCUT2D eigenvalue weighted by Crippen LogP contribution is 2.27. The Balaban J connectivity index is 1.47. The van der Waals surface area contributed by atoms with Gasteiger partial charge in [-0.2, -0.15) is 15.1 Å². The summed E-state index contributed by atoms with van der Waals surface area (Å²) in [5.41, 5.74) is 10.5. The molecule has 0 radical (unpaired) electrons. The Morgan fingerprint density at radius 3 is 2.58 bits per heavy atom. The molecule has 5 heterocycles. The molecule has 0 bridgehead atoms. The van der Waals surface area contributed by atoms with Gasteiger partial charge in [-0.3, -0.25) is 4.98 Å². The molecule has 3 N–H and O–H groups in total. The minimum absolute atomic E-state index is 0.0253. The third-order valence-electron chi connectivity index (χ3n) is 6.68. The number of nitrogens with one attached hydrogen (secondary N) is 1. The maximum Gasteiger partial charge on any atom is 0.229 e. The molecule has 0 spiro atoms. The molecule has 190 valence electrons. The van der Waals surface area contributed by atoms with E-state index in [4.69, 9.17) is 20.8 Å². The van der Waals surface area contributed by atoms with Crippen molar-refractivity contribution in [1.29, 1.82) is 0 Å². The average Bonchev–Trinajstić information content (AvgIpc) is 3.51. The number of anilines is 2. The summed E-state index contributed by atoms with van der Waals surface area (Å²) in [5, 5.41) is 8.32. The summed E-state index contributed by atoms with van der Waals surface area (Å²) in [4.78, 5) is 21.4. The van der Waals surface area contributed by atoms with E-state index in [1.54, 1.807) is 6.20 Å². The summed E-state index contributed by atoms with van der Waals surface area (Å²) in [6.07, 6.45) is 7.51. The molecule has 4 aromatic rings. The van der Waals surface area contributed by atoms with E-state index in [2.05, 4.69) is 65.4 Å². The first kappa shape index (κ1) is 24.2. The maximum atomic E-state index is 6.13. The van der Waals surface area contributed by atoms with Crippen LogP contribution in [-0.4, -0.2) is 53.4 Å². The molecule has 0 saturated carbocycles. The maximum absolute atomic E-state index is 6.13. The second-order valence-electron chi connectivity index (χ2n) is 10.8. The number of piperidine rings is 1. The molecule has 0 aromatic carbocycles.